The normalized spacial score (nSPS) is 8.87. The molecule has 0 radical (unpaired) electrons. The van der Waals surface area contributed by atoms with E-state index in [4.69, 9.17) is 5.26 Å². The Kier molecular flexibility index (Phi) is 4.34. The van der Waals surface area contributed by atoms with Crippen molar-refractivity contribution in [3.8, 4) is 17.9 Å². The van der Waals surface area contributed by atoms with Gasteiger partial charge in [-0.1, -0.05) is 11.8 Å². The van der Waals surface area contributed by atoms with Crippen LogP contribution in [0, 0.1) is 30.1 Å². The lowest BCUT2D eigenvalue weighted by atomic mass is 10.1. The maximum atomic E-state index is 8.70. The van der Waals surface area contributed by atoms with E-state index in [1.54, 1.807) is 6.20 Å². The highest BCUT2D eigenvalue weighted by atomic mass is 14.8. The Labute approximate surface area is 90.1 Å². The smallest absolute Gasteiger partial charge is 0.143 e. The van der Waals surface area contributed by atoms with Crippen LogP contribution in [0.15, 0.2) is 12.3 Å². The molecule has 0 saturated carbocycles. The first-order valence-corrected chi connectivity index (χ1v) is 4.78. The van der Waals surface area contributed by atoms with Gasteiger partial charge >= 0.3 is 0 Å². The summed E-state index contributed by atoms with van der Waals surface area (Å²) < 4.78 is 0. The van der Waals surface area contributed by atoms with Crippen molar-refractivity contribution < 1.29 is 0 Å². The Balaban J connectivity index is 2.75. The molecular weight excluding hydrogens is 186 g/mol. The summed E-state index contributed by atoms with van der Waals surface area (Å²) >= 11 is 0. The van der Waals surface area contributed by atoms with Crippen LogP contribution < -0.4 is 5.32 Å². The molecule has 3 heteroatoms. The molecular formula is C12H13N3. The van der Waals surface area contributed by atoms with E-state index in [-0.39, 0.29) is 0 Å². The molecule has 0 aromatic carbocycles. The molecule has 0 bridgehead atoms. The minimum Gasteiger partial charge on any atom is -0.319 e. The minimum absolute atomic E-state index is 0.468. The van der Waals surface area contributed by atoms with Crippen LogP contribution in [-0.2, 0) is 0 Å². The van der Waals surface area contributed by atoms with Crippen LogP contribution >= 0.6 is 0 Å². The van der Waals surface area contributed by atoms with Gasteiger partial charge in [0.05, 0.1) is 0 Å². The van der Waals surface area contributed by atoms with E-state index in [2.05, 4.69) is 22.1 Å². The predicted octanol–water partition coefficient (Wildman–Crippen LogP) is 1.22. The largest absolute Gasteiger partial charge is 0.319 e. The summed E-state index contributed by atoms with van der Waals surface area (Å²) in [6.07, 6.45) is 2.45. The van der Waals surface area contributed by atoms with Crippen LogP contribution in [0.4, 0.5) is 0 Å². The predicted molar refractivity (Wildman–Crippen MR) is 59.1 cm³/mol. The molecule has 0 fully saturated rings. The molecule has 3 nitrogen and oxygen atoms in total. The summed E-state index contributed by atoms with van der Waals surface area (Å²) in [7, 11) is 1.90. The zero-order valence-corrected chi connectivity index (χ0v) is 8.96. The molecule has 0 amide bonds. The van der Waals surface area contributed by atoms with Crippen LogP contribution in [-0.4, -0.2) is 18.6 Å². The Hall–Kier alpha value is -1.84. The van der Waals surface area contributed by atoms with Gasteiger partial charge < -0.3 is 5.32 Å². The average molecular weight is 199 g/mol. The number of nitriles is 1. The van der Waals surface area contributed by atoms with Gasteiger partial charge in [0.15, 0.2) is 0 Å². The lowest BCUT2D eigenvalue weighted by Gasteiger charge is -1.95. The van der Waals surface area contributed by atoms with Gasteiger partial charge in [-0.2, -0.15) is 5.26 Å². The fourth-order valence-electron chi connectivity index (χ4n) is 1.11. The minimum atomic E-state index is 0.468. The van der Waals surface area contributed by atoms with E-state index in [0.717, 1.165) is 24.1 Å². The van der Waals surface area contributed by atoms with Gasteiger partial charge in [-0.3, -0.25) is 0 Å². The zero-order valence-electron chi connectivity index (χ0n) is 8.96. The molecule has 76 valence electrons. The molecule has 0 aliphatic carbocycles. The van der Waals surface area contributed by atoms with Gasteiger partial charge in [0.25, 0.3) is 0 Å². The third-order valence-corrected chi connectivity index (χ3v) is 1.92. The highest BCUT2D eigenvalue weighted by Gasteiger charge is 1.97. The molecule has 1 rings (SSSR count). The molecule has 0 unspecified atom stereocenters. The van der Waals surface area contributed by atoms with E-state index < -0.39 is 0 Å². The van der Waals surface area contributed by atoms with E-state index in [9.17, 15) is 0 Å². The number of aromatic nitrogens is 1. The van der Waals surface area contributed by atoms with Crippen molar-refractivity contribution in [2.75, 3.05) is 13.6 Å². The maximum Gasteiger partial charge on any atom is 0.143 e. The number of aryl methyl sites for hydroxylation is 1. The fraction of sp³-hybridized carbons (Fsp3) is 0.333. The zero-order chi connectivity index (χ0) is 11.1. The molecule has 0 saturated heterocycles. The SMILES string of the molecule is CNCCC#Cc1cnc(C#N)c(C)c1. The molecule has 1 heterocycles. The first-order valence-electron chi connectivity index (χ1n) is 4.78. The quantitative estimate of drug-likeness (QED) is 0.575. The van der Waals surface area contributed by atoms with Gasteiger partial charge in [0, 0.05) is 24.7 Å². The second-order valence-electron chi connectivity index (χ2n) is 3.16. The molecule has 15 heavy (non-hydrogen) atoms. The van der Waals surface area contributed by atoms with Gasteiger partial charge in [-0.15, -0.1) is 0 Å². The van der Waals surface area contributed by atoms with Crippen LogP contribution in [0.2, 0.25) is 0 Å². The van der Waals surface area contributed by atoms with E-state index in [0.29, 0.717) is 5.69 Å². The number of nitrogens with one attached hydrogen (secondary N) is 1. The van der Waals surface area contributed by atoms with Crippen LogP contribution in [0.1, 0.15) is 23.2 Å². The van der Waals surface area contributed by atoms with Crippen molar-refractivity contribution in [3.63, 3.8) is 0 Å². The summed E-state index contributed by atoms with van der Waals surface area (Å²) in [5.74, 6) is 6.04. The summed E-state index contributed by atoms with van der Waals surface area (Å²) in [5, 5.41) is 11.7. The molecule has 0 spiro atoms. The van der Waals surface area contributed by atoms with Crippen LogP contribution in [0.3, 0.4) is 0 Å². The molecule has 0 aliphatic heterocycles. The number of rotatable bonds is 2. The third kappa shape index (κ3) is 3.42. The first kappa shape index (κ1) is 11.2. The second kappa shape index (κ2) is 5.80. The van der Waals surface area contributed by atoms with Crippen molar-refractivity contribution in [1.82, 2.24) is 10.3 Å². The molecule has 1 aromatic heterocycles. The number of pyridine rings is 1. The summed E-state index contributed by atoms with van der Waals surface area (Å²) in [6.45, 7) is 2.75. The van der Waals surface area contributed by atoms with Crippen molar-refractivity contribution in [1.29, 1.82) is 5.26 Å². The monoisotopic (exact) mass is 199 g/mol. The maximum absolute atomic E-state index is 8.70. The van der Waals surface area contributed by atoms with Crippen molar-refractivity contribution in [2.24, 2.45) is 0 Å². The number of nitrogens with zero attached hydrogens (tertiary/aromatic N) is 2. The van der Waals surface area contributed by atoms with Gasteiger partial charge in [-0.05, 0) is 25.6 Å². The van der Waals surface area contributed by atoms with E-state index in [1.165, 1.54) is 0 Å². The fourth-order valence-corrected chi connectivity index (χ4v) is 1.11. The second-order valence-corrected chi connectivity index (χ2v) is 3.16. The average Bonchev–Trinajstić information content (AvgIpc) is 2.25. The summed E-state index contributed by atoms with van der Waals surface area (Å²) in [6, 6.07) is 3.92. The lowest BCUT2D eigenvalue weighted by molar-refractivity contribution is 0.818. The Morgan fingerprint density at radius 2 is 2.33 bits per heavy atom. The number of hydrogen-bond donors (Lipinski definition) is 1. The summed E-state index contributed by atoms with van der Waals surface area (Å²) in [5.41, 5.74) is 2.20. The first-order chi connectivity index (χ1) is 7.27. The lowest BCUT2D eigenvalue weighted by Crippen LogP contribution is -2.05. The van der Waals surface area contributed by atoms with Crippen molar-refractivity contribution >= 4 is 0 Å². The van der Waals surface area contributed by atoms with Crippen LogP contribution in [0.25, 0.3) is 0 Å². The standard InChI is InChI=1S/C12H13N3/c1-10-7-11(5-3-4-6-14-2)9-15-12(10)8-13/h7,9,14H,4,6H2,1-2H3. The van der Waals surface area contributed by atoms with E-state index >= 15 is 0 Å². The van der Waals surface area contributed by atoms with Crippen molar-refractivity contribution in [3.05, 3.63) is 29.1 Å². The highest BCUT2D eigenvalue weighted by Crippen LogP contribution is 2.05. The topological polar surface area (TPSA) is 48.7 Å². The molecule has 0 aliphatic rings. The molecule has 1 N–H and O–H groups in total. The van der Waals surface area contributed by atoms with Gasteiger partial charge in [-0.25, -0.2) is 4.98 Å². The van der Waals surface area contributed by atoms with E-state index in [1.807, 2.05) is 26.1 Å². The Bertz CT molecular complexity index is 432. The summed E-state index contributed by atoms with van der Waals surface area (Å²) in [4.78, 5) is 4.02. The Morgan fingerprint density at radius 1 is 1.53 bits per heavy atom. The van der Waals surface area contributed by atoms with Gasteiger partial charge in [0.1, 0.15) is 11.8 Å². The van der Waals surface area contributed by atoms with Crippen LogP contribution in [0.5, 0.6) is 0 Å². The van der Waals surface area contributed by atoms with Crippen molar-refractivity contribution in [2.45, 2.75) is 13.3 Å². The molecule has 0 atom stereocenters. The third-order valence-electron chi connectivity index (χ3n) is 1.92. The number of hydrogen-bond acceptors (Lipinski definition) is 3. The molecule has 1 aromatic rings. The highest BCUT2D eigenvalue weighted by molar-refractivity contribution is 5.39. The Morgan fingerprint density at radius 3 is 2.93 bits per heavy atom. The van der Waals surface area contributed by atoms with Gasteiger partial charge in [0.2, 0.25) is 0 Å².